The van der Waals surface area contributed by atoms with Crippen LogP contribution in [-0.4, -0.2) is 24.4 Å². The minimum atomic E-state index is -0.457. The molecule has 3 rings (SSSR count). The van der Waals surface area contributed by atoms with Crippen LogP contribution in [0.4, 0.5) is 0 Å². The molecule has 7 heteroatoms. The quantitative estimate of drug-likeness (QED) is 0.888. The van der Waals surface area contributed by atoms with Crippen molar-refractivity contribution in [2.45, 2.75) is 44.1 Å². The van der Waals surface area contributed by atoms with Gasteiger partial charge in [0.1, 0.15) is 0 Å². The standard InChI is InChI=1S/C17H23N3O3.ClH/c1-21-13-7-6-12(10-14(13)22-2)11-15-19-16(23-20-15)17(18)8-4-3-5-9-17;/h6-7,10H,3-5,8-9,11,18H2,1-2H3;1H. The molecule has 24 heavy (non-hydrogen) atoms. The van der Waals surface area contributed by atoms with Gasteiger partial charge in [-0.1, -0.05) is 30.5 Å². The second-order valence-corrected chi connectivity index (χ2v) is 6.10. The van der Waals surface area contributed by atoms with Crippen molar-refractivity contribution in [3.05, 3.63) is 35.5 Å². The highest BCUT2D eigenvalue weighted by atomic mass is 35.5. The van der Waals surface area contributed by atoms with Crippen molar-refractivity contribution in [2.75, 3.05) is 14.2 Å². The lowest BCUT2D eigenvalue weighted by Crippen LogP contribution is -2.39. The predicted molar refractivity (Wildman–Crippen MR) is 92.8 cm³/mol. The normalized spacial score (nSPS) is 16.3. The van der Waals surface area contributed by atoms with E-state index in [0.29, 0.717) is 29.6 Å². The molecule has 1 aromatic carbocycles. The van der Waals surface area contributed by atoms with E-state index >= 15 is 0 Å². The third kappa shape index (κ3) is 3.82. The molecule has 1 saturated carbocycles. The molecule has 1 fully saturated rings. The summed E-state index contributed by atoms with van der Waals surface area (Å²) in [5, 5.41) is 4.09. The van der Waals surface area contributed by atoms with Crippen LogP contribution in [0.5, 0.6) is 11.5 Å². The molecule has 1 aliphatic carbocycles. The van der Waals surface area contributed by atoms with Crippen LogP contribution in [-0.2, 0) is 12.0 Å². The molecule has 0 radical (unpaired) electrons. The molecule has 1 heterocycles. The summed E-state index contributed by atoms with van der Waals surface area (Å²) in [6, 6.07) is 5.77. The fourth-order valence-corrected chi connectivity index (χ4v) is 3.10. The van der Waals surface area contributed by atoms with Gasteiger partial charge in [0, 0.05) is 6.42 Å². The Morgan fingerprint density at radius 3 is 2.50 bits per heavy atom. The van der Waals surface area contributed by atoms with Gasteiger partial charge in [-0.3, -0.25) is 0 Å². The number of methoxy groups -OCH3 is 2. The van der Waals surface area contributed by atoms with Crippen LogP contribution in [0, 0.1) is 0 Å². The van der Waals surface area contributed by atoms with E-state index in [9.17, 15) is 0 Å². The Morgan fingerprint density at radius 1 is 1.12 bits per heavy atom. The molecular weight excluding hydrogens is 330 g/mol. The molecule has 0 aliphatic heterocycles. The molecule has 6 nitrogen and oxygen atoms in total. The minimum Gasteiger partial charge on any atom is -0.493 e. The van der Waals surface area contributed by atoms with Crippen molar-refractivity contribution in [2.24, 2.45) is 5.73 Å². The summed E-state index contributed by atoms with van der Waals surface area (Å²) in [6.45, 7) is 0. The minimum absolute atomic E-state index is 0. The van der Waals surface area contributed by atoms with Crippen molar-refractivity contribution in [3.8, 4) is 11.5 Å². The van der Waals surface area contributed by atoms with E-state index in [1.54, 1.807) is 14.2 Å². The number of halogens is 1. The Labute approximate surface area is 148 Å². The van der Waals surface area contributed by atoms with Crippen LogP contribution in [0.1, 0.15) is 49.4 Å². The Kier molecular flexibility index (Phi) is 6.07. The van der Waals surface area contributed by atoms with Gasteiger partial charge in [0.25, 0.3) is 0 Å². The van der Waals surface area contributed by atoms with Gasteiger partial charge in [-0.25, -0.2) is 0 Å². The van der Waals surface area contributed by atoms with Crippen molar-refractivity contribution >= 4 is 12.4 Å². The first-order valence-corrected chi connectivity index (χ1v) is 7.97. The number of nitrogens with two attached hydrogens (primary N) is 1. The van der Waals surface area contributed by atoms with Gasteiger partial charge in [-0.2, -0.15) is 4.98 Å². The zero-order valence-electron chi connectivity index (χ0n) is 14.1. The first-order chi connectivity index (χ1) is 11.1. The third-order valence-electron chi connectivity index (χ3n) is 4.45. The summed E-state index contributed by atoms with van der Waals surface area (Å²) in [7, 11) is 3.24. The zero-order valence-corrected chi connectivity index (χ0v) is 14.9. The van der Waals surface area contributed by atoms with Gasteiger partial charge in [0.15, 0.2) is 17.3 Å². The van der Waals surface area contributed by atoms with E-state index in [1.807, 2.05) is 18.2 Å². The lowest BCUT2D eigenvalue weighted by Gasteiger charge is -2.29. The second kappa shape index (κ2) is 7.85. The number of hydrogen-bond donors (Lipinski definition) is 1. The van der Waals surface area contributed by atoms with Crippen LogP contribution >= 0.6 is 12.4 Å². The highest BCUT2D eigenvalue weighted by Gasteiger charge is 2.35. The van der Waals surface area contributed by atoms with E-state index in [-0.39, 0.29) is 12.4 Å². The van der Waals surface area contributed by atoms with Crippen LogP contribution in [0.15, 0.2) is 22.7 Å². The number of benzene rings is 1. The molecule has 0 unspecified atom stereocenters. The maximum absolute atomic E-state index is 6.44. The second-order valence-electron chi connectivity index (χ2n) is 6.10. The SMILES string of the molecule is COc1ccc(Cc2noc(C3(N)CCCCC3)n2)cc1OC.Cl. The Balaban J connectivity index is 0.00000208. The van der Waals surface area contributed by atoms with Crippen molar-refractivity contribution < 1.29 is 14.0 Å². The molecule has 0 bridgehead atoms. The average Bonchev–Trinajstić information content (AvgIpc) is 3.05. The predicted octanol–water partition coefficient (Wildman–Crippen LogP) is 3.22. The molecule has 1 aromatic heterocycles. The van der Waals surface area contributed by atoms with Gasteiger partial charge in [0.2, 0.25) is 5.89 Å². The fourth-order valence-electron chi connectivity index (χ4n) is 3.10. The number of aromatic nitrogens is 2. The largest absolute Gasteiger partial charge is 0.493 e. The first kappa shape index (κ1) is 18.5. The van der Waals surface area contributed by atoms with Crippen molar-refractivity contribution in [1.29, 1.82) is 0 Å². The summed E-state index contributed by atoms with van der Waals surface area (Å²) in [6.07, 6.45) is 5.84. The molecule has 0 saturated heterocycles. The Morgan fingerprint density at radius 2 is 1.83 bits per heavy atom. The van der Waals surface area contributed by atoms with E-state index in [2.05, 4.69) is 10.1 Å². The number of rotatable bonds is 5. The molecule has 2 aromatic rings. The Bertz CT molecular complexity index is 669. The summed E-state index contributed by atoms with van der Waals surface area (Å²) in [5.41, 5.74) is 7.01. The van der Waals surface area contributed by atoms with Crippen LogP contribution < -0.4 is 15.2 Å². The zero-order chi connectivity index (χ0) is 16.3. The number of hydrogen-bond acceptors (Lipinski definition) is 6. The lowest BCUT2D eigenvalue weighted by atomic mass is 9.82. The van der Waals surface area contributed by atoms with Gasteiger partial charge in [-0.15, -0.1) is 12.4 Å². The molecule has 2 N–H and O–H groups in total. The number of ether oxygens (including phenoxy) is 2. The molecular formula is C17H24ClN3O3. The van der Waals surface area contributed by atoms with Crippen LogP contribution in [0.2, 0.25) is 0 Å². The maximum atomic E-state index is 6.44. The lowest BCUT2D eigenvalue weighted by molar-refractivity contribution is 0.219. The molecule has 0 atom stereocenters. The molecule has 132 valence electrons. The monoisotopic (exact) mass is 353 g/mol. The van der Waals surface area contributed by atoms with E-state index in [4.69, 9.17) is 19.7 Å². The summed E-state index contributed by atoms with van der Waals surface area (Å²) < 4.78 is 16.0. The Hall–Kier alpha value is -1.79. The topological polar surface area (TPSA) is 83.4 Å². The van der Waals surface area contributed by atoms with Gasteiger partial charge in [0.05, 0.1) is 19.8 Å². The summed E-state index contributed by atoms with van der Waals surface area (Å²) >= 11 is 0. The van der Waals surface area contributed by atoms with Gasteiger partial charge < -0.3 is 19.7 Å². The molecule has 1 aliphatic rings. The van der Waals surface area contributed by atoms with Crippen molar-refractivity contribution in [3.63, 3.8) is 0 Å². The van der Waals surface area contributed by atoms with Crippen LogP contribution in [0.25, 0.3) is 0 Å². The van der Waals surface area contributed by atoms with Crippen molar-refractivity contribution in [1.82, 2.24) is 10.1 Å². The van der Waals surface area contributed by atoms with Gasteiger partial charge in [-0.05, 0) is 30.5 Å². The average molecular weight is 354 g/mol. The van der Waals surface area contributed by atoms with E-state index in [1.165, 1.54) is 6.42 Å². The third-order valence-corrected chi connectivity index (χ3v) is 4.45. The molecule has 0 spiro atoms. The highest BCUT2D eigenvalue weighted by Crippen LogP contribution is 2.34. The fraction of sp³-hybridized carbons (Fsp3) is 0.529. The number of nitrogens with zero attached hydrogens (tertiary/aromatic N) is 2. The van der Waals surface area contributed by atoms with E-state index < -0.39 is 5.54 Å². The maximum Gasteiger partial charge on any atom is 0.246 e. The molecule has 0 amide bonds. The summed E-state index contributed by atoms with van der Waals surface area (Å²) in [5.74, 6) is 2.60. The first-order valence-electron chi connectivity index (χ1n) is 7.97. The highest BCUT2D eigenvalue weighted by molar-refractivity contribution is 5.85. The van der Waals surface area contributed by atoms with Crippen LogP contribution in [0.3, 0.4) is 0 Å². The van der Waals surface area contributed by atoms with E-state index in [0.717, 1.165) is 31.2 Å². The smallest absolute Gasteiger partial charge is 0.246 e. The summed E-state index contributed by atoms with van der Waals surface area (Å²) in [4.78, 5) is 4.52. The van der Waals surface area contributed by atoms with Gasteiger partial charge >= 0.3 is 0 Å².